The predicted octanol–water partition coefficient (Wildman–Crippen LogP) is 2.04. The standard InChI is InChI=1S/C10H9NO/c1-10(7-11)9(12-10)8-5-3-2-4-6-8/h2-6,9H,1H3/t9-,10-/m0/s1. The fourth-order valence-electron chi connectivity index (χ4n) is 1.31. The minimum atomic E-state index is -0.582. The van der Waals surface area contributed by atoms with Crippen LogP contribution in [0.15, 0.2) is 30.3 Å². The molecule has 0 spiro atoms. The number of hydrogen-bond acceptors (Lipinski definition) is 2. The number of nitrogens with zero attached hydrogens (tertiary/aromatic N) is 1. The summed E-state index contributed by atoms with van der Waals surface area (Å²) in [5, 5.41) is 8.72. The van der Waals surface area contributed by atoms with Crippen molar-refractivity contribution in [2.45, 2.75) is 18.6 Å². The molecule has 1 saturated heterocycles. The Balaban J connectivity index is 2.23. The van der Waals surface area contributed by atoms with E-state index in [1.165, 1.54) is 0 Å². The summed E-state index contributed by atoms with van der Waals surface area (Å²) < 4.78 is 5.28. The summed E-state index contributed by atoms with van der Waals surface area (Å²) in [6.45, 7) is 1.81. The average molecular weight is 159 g/mol. The quantitative estimate of drug-likeness (QED) is 0.588. The van der Waals surface area contributed by atoms with Crippen molar-refractivity contribution in [2.24, 2.45) is 0 Å². The lowest BCUT2D eigenvalue weighted by Gasteiger charge is -1.93. The molecule has 1 heterocycles. The first-order valence-electron chi connectivity index (χ1n) is 3.90. The lowest BCUT2D eigenvalue weighted by Crippen LogP contribution is -2.00. The van der Waals surface area contributed by atoms with Crippen LogP contribution in [0.1, 0.15) is 18.6 Å². The van der Waals surface area contributed by atoms with E-state index in [-0.39, 0.29) is 6.10 Å². The third-order valence-corrected chi connectivity index (χ3v) is 2.13. The van der Waals surface area contributed by atoms with Crippen molar-refractivity contribution < 1.29 is 4.74 Å². The molecule has 0 aliphatic carbocycles. The van der Waals surface area contributed by atoms with Gasteiger partial charge in [-0.1, -0.05) is 30.3 Å². The fourth-order valence-corrected chi connectivity index (χ4v) is 1.31. The van der Waals surface area contributed by atoms with Crippen LogP contribution in [0.4, 0.5) is 0 Å². The van der Waals surface area contributed by atoms with Crippen LogP contribution < -0.4 is 0 Å². The Kier molecular flexibility index (Phi) is 1.42. The third kappa shape index (κ3) is 0.992. The van der Waals surface area contributed by atoms with Crippen molar-refractivity contribution in [1.29, 1.82) is 5.26 Å². The normalized spacial score (nSPS) is 32.5. The van der Waals surface area contributed by atoms with Crippen molar-refractivity contribution >= 4 is 0 Å². The molecule has 12 heavy (non-hydrogen) atoms. The van der Waals surface area contributed by atoms with Gasteiger partial charge in [0.1, 0.15) is 12.2 Å². The van der Waals surface area contributed by atoms with E-state index in [9.17, 15) is 0 Å². The lowest BCUT2D eigenvalue weighted by molar-refractivity contribution is 0.349. The zero-order chi connectivity index (χ0) is 8.60. The third-order valence-electron chi connectivity index (χ3n) is 2.13. The molecule has 2 atom stereocenters. The van der Waals surface area contributed by atoms with Crippen LogP contribution in [0.2, 0.25) is 0 Å². The first kappa shape index (κ1) is 7.33. The number of hydrogen-bond donors (Lipinski definition) is 0. The summed E-state index contributed by atoms with van der Waals surface area (Å²) in [7, 11) is 0. The maximum absolute atomic E-state index is 8.72. The van der Waals surface area contributed by atoms with E-state index in [1.807, 2.05) is 37.3 Å². The molecule has 1 aromatic carbocycles. The second-order valence-electron chi connectivity index (χ2n) is 3.13. The van der Waals surface area contributed by atoms with Gasteiger partial charge in [0.2, 0.25) is 0 Å². The molecule has 60 valence electrons. The van der Waals surface area contributed by atoms with Crippen LogP contribution in [0.25, 0.3) is 0 Å². The van der Waals surface area contributed by atoms with E-state index < -0.39 is 5.60 Å². The van der Waals surface area contributed by atoms with Gasteiger partial charge in [0.15, 0.2) is 5.60 Å². The molecule has 2 nitrogen and oxygen atoms in total. The van der Waals surface area contributed by atoms with Crippen LogP contribution in [0.3, 0.4) is 0 Å². The minimum Gasteiger partial charge on any atom is -0.345 e. The smallest absolute Gasteiger partial charge is 0.182 e. The maximum atomic E-state index is 8.72. The Labute approximate surface area is 71.4 Å². The van der Waals surface area contributed by atoms with Crippen LogP contribution in [0, 0.1) is 11.3 Å². The number of epoxide rings is 1. The predicted molar refractivity (Wildman–Crippen MR) is 44.3 cm³/mol. The SMILES string of the molecule is C[C@@]1(C#N)O[C@H]1c1ccccc1. The van der Waals surface area contributed by atoms with Gasteiger partial charge < -0.3 is 4.74 Å². The van der Waals surface area contributed by atoms with Gasteiger partial charge >= 0.3 is 0 Å². The van der Waals surface area contributed by atoms with Crippen LogP contribution in [0.5, 0.6) is 0 Å². The van der Waals surface area contributed by atoms with Gasteiger partial charge in [-0.25, -0.2) is 0 Å². The molecule has 1 aromatic rings. The van der Waals surface area contributed by atoms with E-state index in [0.717, 1.165) is 5.56 Å². The first-order chi connectivity index (χ1) is 5.76. The van der Waals surface area contributed by atoms with Crippen molar-refractivity contribution in [2.75, 3.05) is 0 Å². The molecule has 0 radical (unpaired) electrons. The first-order valence-corrected chi connectivity index (χ1v) is 3.90. The molecule has 0 saturated carbocycles. The Hall–Kier alpha value is -1.33. The van der Waals surface area contributed by atoms with E-state index in [4.69, 9.17) is 10.00 Å². The second kappa shape index (κ2) is 2.33. The summed E-state index contributed by atoms with van der Waals surface area (Å²) in [5.41, 5.74) is 0.503. The molecule has 0 bridgehead atoms. The molecule has 0 N–H and O–H groups in total. The Morgan fingerprint density at radius 1 is 1.42 bits per heavy atom. The highest BCUT2D eigenvalue weighted by molar-refractivity contribution is 5.30. The maximum Gasteiger partial charge on any atom is 0.182 e. The second-order valence-corrected chi connectivity index (χ2v) is 3.13. The van der Waals surface area contributed by atoms with E-state index in [2.05, 4.69) is 6.07 Å². The number of nitriles is 1. The van der Waals surface area contributed by atoms with Crippen molar-refractivity contribution in [3.8, 4) is 6.07 Å². The van der Waals surface area contributed by atoms with Crippen LogP contribution >= 0.6 is 0 Å². The van der Waals surface area contributed by atoms with Crippen molar-refractivity contribution in [1.82, 2.24) is 0 Å². The summed E-state index contributed by atoms with van der Waals surface area (Å²) in [4.78, 5) is 0. The Morgan fingerprint density at radius 3 is 2.58 bits per heavy atom. The Morgan fingerprint density at radius 2 is 2.08 bits per heavy atom. The van der Waals surface area contributed by atoms with Gasteiger partial charge in [-0.15, -0.1) is 0 Å². The van der Waals surface area contributed by atoms with E-state index in [1.54, 1.807) is 0 Å². The molecule has 1 aliphatic rings. The minimum absolute atomic E-state index is 0.0244. The monoisotopic (exact) mass is 159 g/mol. The zero-order valence-corrected chi connectivity index (χ0v) is 6.82. The number of ether oxygens (including phenoxy) is 1. The highest BCUT2D eigenvalue weighted by atomic mass is 16.6. The van der Waals surface area contributed by atoms with Gasteiger partial charge in [0.05, 0.1) is 0 Å². The lowest BCUT2D eigenvalue weighted by atomic mass is 10.0. The van der Waals surface area contributed by atoms with Crippen molar-refractivity contribution in [3.63, 3.8) is 0 Å². The summed E-state index contributed by atoms with van der Waals surface area (Å²) in [6.07, 6.45) is -0.0244. The van der Waals surface area contributed by atoms with E-state index >= 15 is 0 Å². The summed E-state index contributed by atoms with van der Waals surface area (Å²) in [6, 6.07) is 12.0. The average Bonchev–Trinajstić information content (AvgIpc) is 2.81. The molecule has 0 amide bonds. The number of benzene rings is 1. The van der Waals surface area contributed by atoms with Gasteiger partial charge in [-0.2, -0.15) is 5.26 Å². The molecule has 1 aliphatic heterocycles. The van der Waals surface area contributed by atoms with Gasteiger partial charge in [-0.05, 0) is 12.5 Å². The molecular formula is C10H9NO. The molecule has 2 heteroatoms. The highest BCUT2D eigenvalue weighted by Crippen LogP contribution is 2.48. The molecule has 0 aromatic heterocycles. The molecule has 2 rings (SSSR count). The molecule has 0 unspecified atom stereocenters. The van der Waals surface area contributed by atoms with Gasteiger partial charge in [-0.3, -0.25) is 0 Å². The molecule has 1 fully saturated rings. The Bertz CT molecular complexity index is 327. The van der Waals surface area contributed by atoms with E-state index in [0.29, 0.717) is 0 Å². The molecular weight excluding hydrogens is 150 g/mol. The topological polar surface area (TPSA) is 36.3 Å². The summed E-state index contributed by atoms with van der Waals surface area (Å²) >= 11 is 0. The highest BCUT2D eigenvalue weighted by Gasteiger charge is 2.53. The van der Waals surface area contributed by atoms with Gasteiger partial charge in [0, 0.05) is 0 Å². The van der Waals surface area contributed by atoms with Crippen molar-refractivity contribution in [3.05, 3.63) is 35.9 Å². The van der Waals surface area contributed by atoms with Crippen LogP contribution in [-0.2, 0) is 4.74 Å². The largest absolute Gasteiger partial charge is 0.345 e. The fraction of sp³-hybridized carbons (Fsp3) is 0.300. The zero-order valence-electron chi connectivity index (χ0n) is 6.82. The number of rotatable bonds is 1. The van der Waals surface area contributed by atoms with Gasteiger partial charge in [0.25, 0.3) is 0 Å². The summed E-state index contributed by atoms with van der Waals surface area (Å²) in [5.74, 6) is 0. The van der Waals surface area contributed by atoms with Crippen LogP contribution in [-0.4, -0.2) is 5.60 Å².